The molecule has 0 aliphatic rings. The van der Waals surface area contributed by atoms with Crippen LogP contribution in [0.5, 0.6) is 0 Å². The largest absolute Gasteiger partial charge is 0.472 e. The summed E-state index contributed by atoms with van der Waals surface area (Å²) in [6.07, 6.45) is 81.9. The maximum atomic E-state index is 12.8. The Kier molecular flexibility index (Phi) is 55.8. The average Bonchev–Trinajstić information content (AvgIpc) is 3.40. The van der Waals surface area contributed by atoms with Gasteiger partial charge in [0.2, 0.25) is 0 Å². The highest BCUT2D eigenvalue weighted by Gasteiger charge is 2.27. The minimum absolute atomic E-state index is 0.0161. The maximum Gasteiger partial charge on any atom is 0.472 e. The van der Waals surface area contributed by atoms with Crippen LogP contribution in [0.15, 0.2) is 109 Å². The zero-order valence-corrected chi connectivity index (χ0v) is 51.8. The standard InChI is InChI=1S/C68H118NO8P/c1-6-8-10-12-14-16-18-20-22-24-26-28-30-31-32-33-34-35-36-37-39-40-42-44-46-48-50-52-54-56-58-60-67(70)74-64-66(65-76-78(72,73)75-63-62-69(3,4)5)77-68(71)61-59-57-55-53-51-49-47-45-43-41-38-29-27-25-23-21-19-17-15-13-11-9-7-2/h9,11,15,17-18,20-21,23-24,26-27,29,41,43,47,49,53,55,66H,6-8,10,12-14,16,19,22,25,28,30-40,42,44-46,48,50-52,54,56-65H2,1-5H3/p+1/b11-9-,17-15-,20-18-,23-21-,26-24-,29-27-,43-41-,49-47-,55-53-. The predicted octanol–water partition coefficient (Wildman–Crippen LogP) is 20.2. The van der Waals surface area contributed by atoms with E-state index in [-0.39, 0.29) is 32.0 Å². The molecule has 2 unspecified atom stereocenters. The Morgan fingerprint density at radius 2 is 0.744 bits per heavy atom. The van der Waals surface area contributed by atoms with Crippen LogP contribution in [-0.2, 0) is 32.7 Å². The number of phosphoric acid groups is 1. The van der Waals surface area contributed by atoms with Gasteiger partial charge < -0.3 is 18.9 Å². The minimum atomic E-state index is -4.41. The quantitative estimate of drug-likeness (QED) is 0.0211. The predicted molar refractivity (Wildman–Crippen MR) is 335 cm³/mol. The third-order valence-electron chi connectivity index (χ3n) is 13.3. The first kappa shape index (κ1) is 74.7. The summed E-state index contributed by atoms with van der Waals surface area (Å²) in [5.74, 6) is -0.867. The summed E-state index contributed by atoms with van der Waals surface area (Å²) >= 11 is 0. The van der Waals surface area contributed by atoms with Gasteiger partial charge in [-0.2, -0.15) is 0 Å². The smallest absolute Gasteiger partial charge is 0.462 e. The average molecular weight is 1110 g/mol. The molecular weight excluding hydrogens is 990 g/mol. The molecule has 0 aromatic heterocycles. The highest BCUT2D eigenvalue weighted by atomic mass is 31.2. The Morgan fingerprint density at radius 1 is 0.410 bits per heavy atom. The van der Waals surface area contributed by atoms with Crippen LogP contribution in [0.2, 0.25) is 0 Å². The number of carbonyl (C=O) groups excluding carboxylic acids is 2. The van der Waals surface area contributed by atoms with Gasteiger partial charge in [-0.3, -0.25) is 18.6 Å². The first-order valence-electron chi connectivity index (χ1n) is 31.6. The summed E-state index contributed by atoms with van der Waals surface area (Å²) in [6, 6.07) is 0. The summed E-state index contributed by atoms with van der Waals surface area (Å²) < 4.78 is 34.5. The number of rotatable bonds is 57. The number of carbonyl (C=O) groups is 2. The van der Waals surface area contributed by atoms with E-state index in [1.54, 1.807) is 0 Å². The number of hydrogen-bond donors (Lipinski definition) is 1. The number of hydrogen-bond acceptors (Lipinski definition) is 7. The van der Waals surface area contributed by atoms with Crippen LogP contribution >= 0.6 is 7.82 Å². The summed E-state index contributed by atoms with van der Waals surface area (Å²) in [6.45, 7) is 4.25. The van der Waals surface area contributed by atoms with Crippen LogP contribution in [0, 0.1) is 0 Å². The molecule has 0 rings (SSSR count). The molecular formula is C68H119NO8P+. The molecule has 78 heavy (non-hydrogen) atoms. The van der Waals surface area contributed by atoms with E-state index in [1.807, 2.05) is 21.1 Å². The van der Waals surface area contributed by atoms with Crippen molar-refractivity contribution < 1.29 is 42.1 Å². The molecule has 0 aromatic rings. The molecule has 2 atom stereocenters. The highest BCUT2D eigenvalue weighted by Crippen LogP contribution is 2.43. The Morgan fingerprint density at radius 3 is 1.13 bits per heavy atom. The second-order valence-corrected chi connectivity index (χ2v) is 23.5. The van der Waals surface area contributed by atoms with Crippen molar-refractivity contribution in [1.29, 1.82) is 0 Å². The van der Waals surface area contributed by atoms with Crippen molar-refractivity contribution >= 4 is 19.8 Å². The van der Waals surface area contributed by atoms with E-state index in [0.717, 1.165) is 70.6 Å². The van der Waals surface area contributed by atoms with Gasteiger partial charge in [0.25, 0.3) is 0 Å². The second kappa shape index (κ2) is 58.3. The molecule has 9 nitrogen and oxygen atoms in total. The lowest BCUT2D eigenvalue weighted by Gasteiger charge is -2.24. The number of esters is 2. The lowest BCUT2D eigenvalue weighted by molar-refractivity contribution is -0.870. The van der Waals surface area contributed by atoms with E-state index in [9.17, 15) is 19.0 Å². The van der Waals surface area contributed by atoms with E-state index >= 15 is 0 Å². The number of phosphoric ester groups is 1. The normalized spacial score (nSPS) is 14.0. The highest BCUT2D eigenvalue weighted by molar-refractivity contribution is 7.47. The number of allylic oxidation sites excluding steroid dienone is 18. The third kappa shape index (κ3) is 61.9. The first-order valence-corrected chi connectivity index (χ1v) is 33.1. The molecule has 0 saturated carbocycles. The molecule has 0 amide bonds. The van der Waals surface area contributed by atoms with Crippen LogP contribution in [-0.4, -0.2) is 74.9 Å². The van der Waals surface area contributed by atoms with Gasteiger partial charge in [0, 0.05) is 12.8 Å². The SMILES string of the molecule is CC/C=C\C/C=C\C/C=C\C/C=C\C/C=C\C/C=C\C/C=C\CCCC(=O)OC(COC(=O)CCCCCCCCCCCCCCCCCCCCC/C=C\C/C=C\CCCCCCC)COP(=O)(O)OCC[N+](C)(C)C. The van der Waals surface area contributed by atoms with Crippen molar-refractivity contribution in [3.8, 4) is 0 Å². The number of likely N-dealkylation sites (N-methyl/N-ethyl adjacent to an activating group) is 1. The van der Waals surface area contributed by atoms with Gasteiger partial charge in [0.05, 0.1) is 27.7 Å². The van der Waals surface area contributed by atoms with Gasteiger partial charge in [-0.1, -0.05) is 258 Å². The van der Waals surface area contributed by atoms with Gasteiger partial charge in [-0.25, -0.2) is 4.57 Å². The molecule has 10 heteroatoms. The van der Waals surface area contributed by atoms with E-state index in [4.69, 9.17) is 18.5 Å². The van der Waals surface area contributed by atoms with Gasteiger partial charge in [-0.05, 0) is 96.3 Å². The number of unbranched alkanes of at least 4 members (excludes halogenated alkanes) is 25. The molecule has 0 fully saturated rings. The molecule has 0 saturated heterocycles. The maximum absolute atomic E-state index is 12.8. The monoisotopic (exact) mass is 1110 g/mol. The van der Waals surface area contributed by atoms with E-state index in [0.29, 0.717) is 23.9 Å². The zero-order valence-electron chi connectivity index (χ0n) is 50.9. The molecule has 0 aromatic carbocycles. The summed E-state index contributed by atoms with van der Waals surface area (Å²) in [5, 5.41) is 0. The molecule has 448 valence electrons. The van der Waals surface area contributed by atoms with Crippen LogP contribution in [0.3, 0.4) is 0 Å². The fraction of sp³-hybridized carbons (Fsp3) is 0.706. The molecule has 0 bridgehead atoms. The lowest BCUT2D eigenvalue weighted by atomic mass is 10.0. The Bertz CT molecular complexity index is 1680. The molecule has 1 N–H and O–H groups in total. The summed E-state index contributed by atoms with van der Waals surface area (Å²) in [7, 11) is 1.43. The molecule has 0 heterocycles. The molecule has 0 aliphatic heterocycles. The third-order valence-corrected chi connectivity index (χ3v) is 14.3. The van der Waals surface area contributed by atoms with Crippen LogP contribution in [0.4, 0.5) is 0 Å². The Balaban J connectivity index is 4.16. The second-order valence-electron chi connectivity index (χ2n) is 22.1. The Hall–Kier alpha value is -3.33. The van der Waals surface area contributed by atoms with Gasteiger partial charge in [-0.15, -0.1) is 0 Å². The minimum Gasteiger partial charge on any atom is -0.462 e. The van der Waals surface area contributed by atoms with E-state index in [1.165, 1.54) is 148 Å². The van der Waals surface area contributed by atoms with Crippen LogP contribution < -0.4 is 0 Å². The number of quaternary nitrogens is 1. The van der Waals surface area contributed by atoms with Gasteiger partial charge >= 0.3 is 19.8 Å². The number of ether oxygens (including phenoxy) is 2. The zero-order chi connectivity index (χ0) is 57.0. The van der Waals surface area contributed by atoms with E-state index in [2.05, 4.69) is 123 Å². The van der Waals surface area contributed by atoms with Crippen molar-refractivity contribution in [2.75, 3.05) is 47.5 Å². The van der Waals surface area contributed by atoms with Crippen molar-refractivity contribution in [2.24, 2.45) is 0 Å². The van der Waals surface area contributed by atoms with Crippen LogP contribution in [0.1, 0.15) is 258 Å². The van der Waals surface area contributed by atoms with Crippen molar-refractivity contribution in [1.82, 2.24) is 0 Å². The van der Waals surface area contributed by atoms with Crippen molar-refractivity contribution in [3.05, 3.63) is 109 Å². The van der Waals surface area contributed by atoms with E-state index < -0.39 is 26.5 Å². The van der Waals surface area contributed by atoms with Crippen molar-refractivity contribution in [2.45, 2.75) is 264 Å². The summed E-state index contributed by atoms with van der Waals surface area (Å²) in [4.78, 5) is 35.7. The fourth-order valence-corrected chi connectivity index (χ4v) is 9.19. The van der Waals surface area contributed by atoms with Gasteiger partial charge in [0.1, 0.15) is 19.8 Å². The fourth-order valence-electron chi connectivity index (χ4n) is 8.45. The van der Waals surface area contributed by atoms with Gasteiger partial charge in [0.15, 0.2) is 6.10 Å². The van der Waals surface area contributed by atoms with Crippen LogP contribution in [0.25, 0.3) is 0 Å². The molecule has 0 radical (unpaired) electrons. The first-order chi connectivity index (χ1) is 38.0. The van der Waals surface area contributed by atoms with Crippen molar-refractivity contribution in [3.63, 3.8) is 0 Å². The lowest BCUT2D eigenvalue weighted by Crippen LogP contribution is -2.37. The Labute approximate surface area is 480 Å². The molecule has 0 spiro atoms. The topological polar surface area (TPSA) is 108 Å². The molecule has 0 aliphatic carbocycles. The number of nitrogens with zero attached hydrogens (tertiary/aromatic N) is 1. The summed E-state index contributed by atoms with van der Waals surface area (Å²) in [5.41, 5.74) is 0.